The number of methoxy groups -OCH3 is 2. The molecule has 4 atom stereocenters. The van der Waals surface area contributed by atoms with E-state index in [0.717, 1.165) is 22.6 Å². The van der Waals surface area contributed by atoms with Gasteiger partial charge in [0, 0.05) is 0 Å². The van der Waals surface area contributed by atoms with Gasteiger partial charge in [0.1, 0.15) is 11.5 Å². The first kappa shape index (κ1) is 22.3. The van der Waals surface area contributed by atoms with Gasteiger partial charge in [0.05, 0.1) is 38.1 Å². The topological polar surface area (TPSA) is 98.6 Å². The molecular formula is C27H27N5O4. The summed E-state index contributed by atoms with van der Waals surface area (Å²) in [6, 6.07) is 15.6. The fourth-order valence-electron chi connectivity index (χ4n) is 5.42. The summed E-state index contributed by atoms with van der Waals surface area (Å²) in [7, 11) is 3.28. The Hall–Kier alpha value is -4.14. The number of rotatable bonds is 5. The van der Waals surface area contributed by atoms with Gasteiger partial charge in [-0.05, 0) is 54.7 Å². The molecule has 3 heterocycles. The Morgan fingerprint density at radius 2 is 1.39 bits per heavy atom. The number of benzene rings is 2. The van der Waals surface area contributed by atoms with Crippen LogP contribution in [0.15, 0.2) is 60.7 Å². The molecule has 3 aromatic rings. The van der Waals surface area contributed by atoms with Crippen LogP contribution in [-0.4, -0.2) is 40.8 Å². The second-order valence-corrected chi connectivity index (χ2v) is 9.34. The molecule has 2 aliphatic heterocycles. The average molecular weight is 486 g/mol. The second kappa shape index (κ2) is 8.82. The predicted octanol–water partition coefficient (Wildman–Crippen LogP) is 3.90. The molecule has 1 fully saturated rings. The van der Waals surface area contributed by atoms with Crippen LogP contribution in [0.1, 0.15) is 42.5 Å². The molecule has 0 unspecified atom stereocenters. The first-order chi connectivity index (χ1) is 17.6. The van der Waals surface area contributed by atoms with Crippen molar-refractivity contribution < 1.29 is 19.1 Å². The van der Waals surface area contributed by atoms with Gasteiger partial charge in [-0.1, -0.05) is 36.4 Å². The van der Waals surface area contributed by atoms with E-state index in [1.54, 1.807) is 18.9 Å². The standard InChI is InChI=1S/C27H27N5O4/c1-35-18-11-7-16(8-12-18)22-15-23(17-9-13-19(36-2)14-10-17)32-26(28-22)29-27(30-32)31-24(33)20-5-3-4-6-21(20)25(31)34/h3-4,7-14,20-23H,5-6,15H2,1-2H3,(H,28,29,30)/t20-,21+,22-,23+/m1/s1. The quantitative estimate of drug-likeness (QED) is 0.432. The highest BCUT2D eigenvalue weighted by Crippen LogP contribution is 2.41. The minimum Gasteiger partial charge on any atom is -0.497 e. The van der Waals surface area contributed by atoms with Crippen LogP contribution in [0, 0.1) is 11.8 Å². The SMILES string of the molecule is COc1ccc([C@H]2C[C@@H](c3ccc(OC)cc3)n3nc(N4C(=O)[C@H]5CC=CC[C@H]5C4=O)nc3N2)cc1. The summed E-state index contributed by atoms with van der Waals surface area (Å²) in [6.45, 7) is 0. The highest BCUT2D eigenvalue weighted by atomic mass is 16.5. The summed E-state index contributed by atoms with van der Waals surface area (Å²) < 4.78 is 12.4. The zero-order valence-electron chi connectivity index (χ0n) is 20.1. The molecule has 0 radical (unpaired) electrons. The molecule has 1 aromatic heterocycles. The van der Waals surface area contributed by atoms with Crippen molar-refractivity contribution in [1.82, 2.24) is 14.8 Å². The molecule has 9 heteroatoms. The van der Waals surface area contributed by atoms with Crippen molar-refractivity contribution in [2.45, 2.75) is 31.3 Å². The summed E-state index contributed by atoms with van der Waals surface area (Å²) in [4.78, 5) is 32.2. The summed E-state index contributed by atoms with van der Waals surface area (Å²) >= 11 is 0. The lowest BCUT2D eigenvalue weighted by Crippen LogP contribution is -2.32. The van der Waals surface area contributed by atoms with E-state index < -0.39 is 0 Å². The number of nitrogens with one attached hydrogen (secondary N) is 1. The number of anilines is 2. The van der Waals surface area contributed by atoms with Crippen LogP contribution >= 0.6 is 0 Å². The Balaban J connectivity index is 1.38. The van der Waals surface area contributed by atoms with Crippen molar-refractivity contribution in [2.24, 2.45) is 11.8 Å². The largest absolute Gasteiger partial charge is 0.497 e. The van der Waals surface area contributed by atoms with E-state index in [4.69, 9.17) is 14.6 Å². The van der Waals surface area contributed by atoms with E-state index in [0.29, 0.717) is 25.2 Å². The molecule has 0 spiro atoms. The minimum absolute atomic E-state index is 0.0516. The molecule has 1 N–H and O–H groups in total. The van der Waals surface area contributed by atoms with Gasteiger partial charge < -0.3 is 14.8 Å². The van der Waals surface area contributed by atoms with Crippen molar-refractivity contribution in [1.29, 1.82) is 0 Å². The van der Waals surface area contributed by atoms with Gasteiger partial charge in [0.2, 0.25) is 17.8 Å². The Bertz CT molecular complexity index is 1310. The summed E-state index contributed by atoms with van der Waals surface area (Å²) in [6.07, 6.45) is 5.80. The maximum Gasteiger partial charge on any atom is 0.260 e. The van der Waals surface area contributed by atoms with Gasteiger partial charge in [-0.3, -0.25) is 9.59 Å². The fourth-order valence-corrected chi connectivity index (χ4v) is 5.42. The summed E-state index contributed by atoms with van der Waals surface area (Å²) in [5.74, 6) is 1.11. The van der Waals surface area contributed by atoms with Crippen LogP contribution < -0.4 is 19.7 Å². The van der Waals surface area contributed by atoms with Gasteiger partial charge >= 0.3 is 0 Å². The first-order valence-electron chi connectivity index (χ1n) is 12.1. The van der Waals surface area contributed by atoms with Crippen molar-refractivity contribution >= 4 is 23.7 Å². The van der Waals surface area contributed by atoms with Crippen molar-refractivity contribution in [2.75, 3.05) is 24.4 Å². The van der Waals surface area contributed by atoms with Gasteiger partial charge in [-0.25, -0.2) is 9.58 Å². The molecular weight excluding hydrogens is 458 g/mol. The lowest BCUT2D eigenvalue weighted by molar-refractivity contribution is -0.122. The minimum atomic E-state index is -0.333. The third-order valence-corrected chi connectivity index (χ3v) is 7.40. The number of carbonyl (C=O) groups is 2. The van der Waals surface area contributed by atoms with Gasteiger partial charge in [0.15, 0.2) is 0 Å². The molecule has 36 heavy (non-hydrogen) atoms. The summed E-state index contributed by atoms with van der Waals surface area (Å²) in [5.41, 5.74) is 2.11. The smallest absolute Gasteiger partial charge is 0.260 e. The van der Waals surface area contributed by atoms with Crippen LogP contribution in [0.2, 0.25) is 0 Å². The lowest BCUT2D eigenvalue weighted by atomic mass is 9.85. The van der Waals surface area contributed by atoms with Crippen molar-refractivity contribution in [3.8, 4) is 11.5 Å². The monoisotopic (exact) mass is 485 g/mol. The number of nitrogens with zero attached hydrogens (tertiary/aromatic N) is 4. The van der Waals surface area contributed by atoms with Crippen molar-refractivity contribution in [3.05, 3.63) is 71.8 Å². The Labute approximate surface area is 208 Å². The number of aromatic nitrogens is 3. The Kier molecular flexibility index (Phi) is 5.47. The molecule has 9 nitrogen and oxygen atoms in total. The van der Waals surface area contributed by atoms with Crippen LogP contribution in [0.4, 0.5) is 11.9 Å². The zero-order chi connectivity index (χ0) is 24.8. The molecule has 2 amide bonds. The highest BCUT2D eigenvalue weighted by Gasteiger charge is 2.50. The van der Waals surface area contributed by atoms with E-state index in [2.05, 4.69) is 10.3 Å². The molecule has 1 saturated heterocycles. The van der Waals surface area contributed by atoms with E-state index in [9.17, 15) is 9.59 Å². The zero-order valence-corrected chi connectivity index (χ0v) is 20.1. The molecule has 2 aromatic carbocycles. The number of fused-ring (bicyclic) bond motifs is 2. The highest BCUT2D eigenvalue weighted by molar-refractivity contribution is 6.21. The number of allylic oxidation sites excluding steroid dienone is 2. The predicted molar refractivity (Wildman–Crippen MR) is 133 cm³/mol. The molecule has 6 rings (SSSR count). The number of carbonyl (C=O) groups excluding carboxylic acids is 2. The van der Waals surface area contributed by atoms with E-state index in [-0.39, 0.29) is 41.7 Å². The number of hydrogen-bond donors (Lipinski definition) is 1. The van der Waals surface area contributed by atoms with E-state index in [1.165, 1.54) is 4.90 Å². The average Bonchev–Trinajstić information content (AvgIpc) is 3.46. The third kappa shape index (κ3) is 3.62. The normalized spacial score (nSPS) is 24.8. The second-order valence-electron chi connectivity index (χ2n) is 9.34. The van der Waals surface area contributed by atoms with Gasteiger partial charge in [0.25, 0.3) is 5.95 Å². The molecule has 3 aliphatic rings. The van der Waals surface area contributed by atoms with Crippen LogP contribution in [0.25, 0.3) is 0 Å². The number of imide groups is 1. The van der Waals surface area contributed by atoms with E-state index >= 15 is 0 Å². The van der Waals surface area contributed by atoms with Gasteiger partial charge in [-0.15, -0.1) is 5.10 Å². The Morgan fingerprint density at radius 3 is 1.94 bits per heavy atom. The maximum atomic E-state index is 13.2. The number of amides is 2. The van der Waals surface area contributed by atoms with Crippen LogP contribution in [0.5, 0.6) is 11.5 Å². The summed E-state index contributed by atoms with van der Waals surface area (Å²) in [5, 5.41) is 8.17. The lowest BCUT2D eigenvalue weighted by Gasteiger charge is -2.31. The van der Waals surface area contributed by atoms with Crippen LogP contribution in [-0.2, 0) is 9.59 Å². The molecule has 184 valence electrons. The fraction of sp³-hybridized carbons (Fsp3) is 0.333. The maximum absolute atomic E-state index is 13.2. The number of hydrogen-bond acceptors (Lipinski definition) is 7. The van der Waals surface area contributed by atoms with E-state index in [1.807, 2.05) is 60.7 Å². The molecule has 0 saturated carbocycles. The Morgan fingerprint density at radius 1 is 0.833 bits per heavy atom. The van der Waals surface area contributed by atoms with Crippen molar-refractivity contribution in [3.63, 3.8) is 0 Å². The number of ether oxygens (including phenoxy) is 2. The molecule has 0 bridgehead atoms. The van der Waals surface area contributed by atoms with Crippen LogP contribution in [0.3, 0.4) is 0 Å². The third-order valence-electron chi connectivity index (χ3n) is 7.40. The first-order valence-corrected chi connectivity index (χ1v) is 12.1. The molecule has 1 aliphatic carbocycles. The van der Waals surface area contributed by atoms with Gasteiger partial charge in [-0.2, -0.15) is 4.98 Å².